The maximum absolute atomic E-state index is 11.4. The average molecular weight is 334 g/mol. The van der Waals surface area contributed by atoms with E-state index in [2.05, 4.69) is 22.0 Å². The zero-order chi connectivity index (χ0) is 14.9. The van der Waals surface area contributed by atoms with Crippen LogP contribution in [0.4, 0.5) is 11.4 Å². The molecule has 4 heteroatoms. The molecule has 0 atom stereocenters. The van der Waals surface area contributed by atoms with Crippen molar-refractivity contribution in [2.75, 3.05) is 11.9 Å². The van der Waals surface area contributed by atoms with Crippen molar-refractivity contribution in [2.24, 2.45) is 0 Å². The van der Waals surface area contributed by atoms with Crippen LogP contribution in [0, 0.1) is 13.8 Å². The lowest BCUT2D eigenvalue weighted by molar-refractivity contribution is 0.0697. The van der Waals surface area contributed by atoms with Crippen LogP contribution >= 0.6 is 15.9 Å². The Morgan fingerprint density at radius 3 is 2.25 bits per heavy atom. The van der Waals surface area contributed by atoms with Gasteiger partial charge in [-0.2, -0.15) is 0 Å². The van der Waals surface area contributed by atoms with Gasteiger partial charge in [0.1, 0.15) is 0 Å². The molecule has 104 valence electrons. The predicted molar refractivity (Wildman–Crippen MR) is 85.1 cm³/mol. The molecule has 0 spiro atoms. The van der Waals surface area contributed by atoms with Crippen LogP contribution in [0.3, 0.4) is 0 Å². The summed E-state index contributed by atoms with van der Waals surface area (Å²) in [5.41, 5.74) is 4.24. The van der Waals surface area contributed by atoms with Crippen LogP contribution < -0.4 is 4.90 Å². The number of aryl methyl sites for hydroxylation is 2. The number of carboxylic acid groups (broad SMARTS) is 1. The van der Waals surface area contributed by atoms with E-state index in [1.54, 1.807) is 6.07 Å². The van der Waals surface area contributed by atoms with E-state index in [0.29, 0.717) is 5.69 Å². The highest BCUT2D eigenvalue weighted by Gasteiger charge is 2.15. The Hall–Kier alpha value is -1.81. The quantitative estimate of drug-likeness (QED) is 0.896. The fourth-order valence-electron chi connectivity index (χ4n) is 2.26. The number of nitrogens with zero attached hydrogens (tertiary/aromatic N) is 1. The molecule has 0 saturated carbocycles. The van der Waals surface area contributed by atoms with Gasteiger partial charge in [0.25, 0.3) is 0 Å². The number of carbonyl (C=O) groups is 1. The smallest absolute Gasteiger partial charge is 0.337 e. The number of hydrogen-bond acceptors (Lipinski definition) is 2. The van der Waals surface area contributed by atoms with Gasteiger partial charge in [-0.1, -0.05) is 22.0 Å². The van der Waals surface area contributed by atoms with Crippen LogP contribution in [-0.2, 0) is 0 Å². The van der Waals surface area contributed by atoms with Gasteiger partial charge in [0, 0.05) is 17.2 Å². The topological polar surface area (TPSA) is 40.5 Å². The number of carboxylic acids is 1. The lowest BCUT2D eigenvalue weighted by atomic mass is 10.1. The molecule has 0 fully saturated rings. The average Bonchev–Trinajstić information content (AvgIpc) is 2.36. The molecule has 0 bridgehead atoms. The normalized spacial score (nSPS) is 10.4. The highest BCUT2D eigenvalue weighted by Crippen LogP contribution is 2.30. The molecule has 2 aromatic rings. The number of hydrogen-bond donors (Lipinski definition) is 1. The molecule has 0 aliphatic rings. The fraction of sp³-hybridized carbons (Fsp3) is 0.188. The van der Waals surface area contributed by atoms with Gasteiger partial charge in [0.2, 0.25) is 0 Å². The van der Waals surface area contributed by atoms with Gasteiger partial charge < -0.3 is 10.0 Å². The molecule has 0 aliphatic carbocycles. The number of anilines is 2. The van der Waals surface area contributed by atoms with Gasteiger partial charge in [-0.25, -0.2) is 4.79 Å². The van der Waals surface area contributed by atoms with E-state index in [1.165, 1.54) is 0 Å². The minimum Gasteiger partial charge on any atom is -0.478 e. The lowest BCUT2D eigenvalue weighted by Gasteiger charge is -2.22. The van der Waals surface area contributed by atoms with Crippen LogP contribution in [0.2, 0.25) is 0 Å². The molecule has 0 radical (unpaired) electrons. The lowest BCUT2D eigenvalue weighted by Crippen LogP contribution is -2.14. The SMILES string of the molecule is Cc1cc(C)cc(N(C)c2ccc(Br)cc2C(=O)O)c1. The van der Waals surface area contributed by atoms with Gasteiger partial charge in [-0.15, -0.1) is 0 Å². The number of halogens is 1. The van der Waals surface area contributed by atoms with E-state index in [-0.39, 0.29) is 5.56 Å². The van der Waals surface area contributed by atoms with Crippen molar-refractivity contribution < 1.29 is 9.90 Å². The second kappa shape index (κ2) is 5.67. The second-order valence-corrected chi connectivity index (χ2v) is 5.79. The Kier molecular flexibility index (Phi) is 4.14. The van der Waals surface area contributed by atoms with Gasteiger partial charge in [0.05, 0.1) is 11.3 Å². The van der Waals surface area contributed by atoms with Crippen molar-refractivity contribution in [1.29, 1.82) is 0 Å². The molecule has 0 saturated heterocycles. The Labute approximate surface area is 127 Å². The van der Waals surface area contributed by atoms with E-state index < -0.39 is 5.97 Å². The molecular weight excluding hydrogens is 318 g/mol. The third-order valence-electron chi connectivity index (χ3n) is 3.14. The Balaban J connectivity index is 2.52. The van der Waals surface area contributed by atoms with E-state index in [4.69, 9.17) is 0 Å². The van der Waals surface area contributed by atoms with Crippen molar-refractivity contribution in [1.82, 2.24) is 0 Å². The monoisotopic (exact) mass is 333 g/mol. The first-order valence-corrected chi connectivity index (χ1v) is 7.02. The van der Waals surface area contributed by atoms with Crippen LogP contribution in [0.15, 0.2) is 40.9 Å². The van der Waals surface area contributed by atoms with Crippen molar-refractivity contribution in [3.05, 3.63) is 57.6 Å². The van der Waals surface area contributed by atoms with Crippen LogP contribution in [0.5, 0.6) is 0 Å². The fourth-order valence-corrected chi connectivity index (χ4v) is 2.62. The molecule has 0 unspecified atom stereocenters. The van der Waals surface area contributed by atoms with E-state index in [0.717, 1.165) is 21.3 Å². The van der Waals surface area contributed by atoms with E-state index in [9.17, 15) is 9.90 Å². The highest BCUT2D eigenvalue weighted by atomic mass is 79.9. The van der Waals surface area contributed by atoms with Crippen molar-refractivity contribution in [3.63, 3.8) is 0 Å². The summed E-state index contributed by atoms with van der Waals surface area (Å²) in [6, 6.07) is 11.5. The minimum absolute atomic E-state index is 0.279. The first-order valence-electron chi connectivity index (χ1n) is 6.23. The molecule has 2 rings (SSSR count). The van der Waals surface area contributed by atoms with Gasteiger partial charge in [-0.3, -0.25) is 0 Å². The predicted octanol–water partition coefficient (Wildman–Crippen LogP) is 4.53. The second-order valence-electron chi connectivity index (χ2n) is 4.87. The van der Waals surface area contributed by atoms with Gasteiger partial charge >= 0.3 is 5.97 Å². The zero-order valence-corrected chi connectivity index (χ0v) is 13.2. The van der Waals surface area contributed by atoms with Crippen LogP contribution in [0.1, 0.15) is 21.5 Å². The third-order valence-corrected chi connectivity index (χ3v) is 3.64. The minimum atomic E-state index is -0.933. The summed E-state index contributed by atoms with van der Waals surface area (Å²) in [5, 5.41) is 9.35. The molecule has 3 nitrogen and oxygen atoms in total. The maximum atomic E-state index is 11.4. The summed E-state index contributed by atoms with van der Waals surface area (Å²) in [6.07, 6.45) is 0. The molecule has 2 aromatic carbocycles. The summed E-state index contributed by atoms with van der Waals surface area (Å²) in [5.74, 6) is -0.933. The summed E-state index contributed by atoms with van der Waals surface area (Å²) in [4.78, 5) is 13.3. The molecule has 0 aliphatic heterocycles. The summed E-state index contributed by atoms with van der Waals surface area (Å²) in [7, 11) is 1.88. The van der Waals surface area contributed by atoms with E-state index in [1.807, 2.05) is 50.1 Å². The van der Waals surface area contributed by atoms with Crippen LogP contribution in [0.25, 0.3) is 0 Å². The first kappa shape index (κ1) is 14.6. The molecule has 20 heavy (non-hydrogen) atoms. The van der Waals surface area contributed by atoms with E-state index >= 15 is 0 Å². The summed E-state index contributed by atoms with van der Waals surface area (Å²) in [6.45, 7) is 4.06. The first-order chi connectivity index (χ1) is 9.38. The Bertz CT molecular complexity index is 647. The maximum Gasteiger partial charge on any atom is 0.337 e. The largest absolute Gasteiger partial charge is 0.478 e. The van der Waals surface area contributed by atoms with Gasteiger partial charge in [0.15, 0.2) is 0 Å². The number of aromatic carboxylic acids is 1. The summed E-state index contributed by atoms with van der Waals surface area (Å²) < 4.78 is 0.757. The molecule has 0 heterocycles. The van der Waals surface area contributed by atoms with Crippen LogP contribution in [-0.4, -0.2) is 18.1 Å². The Morgan fingerprint density at radius 2 is 1.70 bits per heavy atom. The van der Waals surface area contributed by atoms with Crippen molar-refractivity contribution in [3.8, 4) is 0 Å². The molecule has 1 N–H and O–H groups in total. The van der Waals surface area contributed by atoms with Crippen molar-refractivity contribution >= 4 is 33.3 Å². The highest BCUT2D eigenvalue weighted by molar-refractivity contribution is 9.10. The molecular formula is C16H16BrNO2. The van der Waals surface area contributed by atoms with Crippen molar-refractivity contribution in [2.45, 2.75) is 13.8 Å². The molecule has 0 amide bonds. The Morgan fingerprint density at radius 1 is 1.10 bits per heavy atom. The number of benzene rings is 2. The number of rotatable bonds is 3. The van der Waals surface area contributed by atoms with Gasteiger partial charge in [-0.05, 0) is 55.3 Å². The zero-order valence-electron chi connectivity index (χ0n) is 11.6. The summed E-state index contributed by atoms with van der Waals surface area (Å²) >= 11 is 3.31. The third kappa shape index (κ3) is 3.02. The molecule has 0 aromatic heterocycles. The standard InChI is InChI=1S/C16H16BrNO2/c1-10-6-11(2)8-13(7-10)18(3)15-5-4-12(17)9-14(15)16(19)20/h4-9H,1-3H3,(H,19,20).